The molecule has 1 nitrogen and oxygen atoms in total. The van der Waals surface area contributed by atoms with E-state index in [-0.39, 0.29) is 0 Å². The minimum absolute atomic E-state index is 0.810. The van der Waals surface area contributed by atoms with Crippen LogP contribution in [0, 0.1) is 0 Å². The highest BCUT2D eigenvalue weighted by Gasteiger charge is 1.91. The molecule has 0 aliphatic heterocycles. The maximum Gasteiger partial charge on any atom is 0.118 e. The third kappa shape index (κ3) is 3.08. The Morgan fingerprint density at radius 3 is 3.18 bits per heavy atom. The van der Waals surface area contributed by atoms with Gasteiger partial charge in [0.25, 0.3) is 0 Å². The SMILES string of the molecule is CCCOC1=CC=CCC=C1. The zero-order chi connectivity index (χ0) is 7.94. The van der Waals surface area contributed by atoms with Gasteiger partial charge in [0.15, 0.2) is 0 Å². The molecule has 60 valence electrons. The molecule has 0 aromatic heterocycles. The zero-order valence-electron chi connectivity index (χ0n) is 6.92. The van der Waals surface area contributed by atoms with Gasteiger partial charge in [-0.05, 0) is 25.0 Å². The quantitative estimate of drug-likeness (QED) is 0.601. The standard InChI is InChI=1S/C10H14O/c1-2-9-11-10-7-5-3-4-6-8-10/h3,5-8H,2,4,9H2,1H3. The summed E-state index contributed by atoms with van der Waals surface area (Å²) in [5, 5.41) is 0. The van der Waals surface area contributed by atoms with E-state index in [1.807, 2.05) is 18.2 Å². The highest BCUT2D eigenvalue weighted by Crippen LogP contribution is 2.05. The van der Waals surface area contributed by atoms with Crippen molar-refractivity contribution in [3.8, 4) is 0 Å². The molecule has 0 unspecified atom stereocenters. The lowest BCUT2D eigenvalue weighted by molar-refractivity contribution is 0.225. The maximum atomic E-state index is 5.44. The van der Waals surface area contributed by atoms with E-state index in [1.54, 1.807) is 0 Å². The van der Waals surface area contributed by atoms with E-state index in [0.717, 1.165) is 25.2 Å². The maximum absolute atomic E-state index is 5.44. The molecule has 1 heteroatoms. The Morgan fingerprint density at radius 1 is 1.45 bits per heavy atom. The summed E-state index contributed by atoms with van der Waals surface area (Å²) in [7, 11) is 0. The Balaban J connectivity index is 2.42. The molecule has 0 fully saturated rings. The zero-order valence-corrected chi connectivity index (χ0v) is 6.92. The van der Waals surface area contributed by atoms with Crippen LogP contribution >= 0.6 is 0 Å². The van der Waals surface area contributed by atoms with Crippen molar-refractivity contribution < 1.29 is 4.74 Å². The molecule has 0 saturated heterocycles. The van der Waals surface area contributed by atoms with Gasteiger partial charge >= 0.3 is 0 Å². The van der Waals surface area contributed by atoms with E-state index in [4.69, 9.17) is 4.74 Å². The monoisotopic (exact) mass is 150 g/mol. The predicted molar refractivity (Wildman–Crippen MR) is 47.2 cm³/mol. The molecule has 0 aromatic rings. The van der Waals surface area contributed by atoms with Gasteiger partial charge in [-0.1, -0.05) is 25.2 Å². The molecule has 1 aliphatic carbocycles. The Morgan fingerprint density at radius 2 is 2.36 bits per heavy atom. The lowest BCUT2D eigenvalue weighted by Crippen LogP contribution is -1.89. The first kappa shape index (κ1) is 8.12. The summed E-state index contributed by atoms with van der Waals surface area (Å²) in [5.41, 5.74) is 0. The molecule has 1 aliphatic rings. The van der Waals surface area contributed by atoms with Gasteiger partial charge in [0.1, 0.15) is 5.76 Å². The molecule has 0 heterocycles. The minimum Gasteiger partial charge on any atom is -0.494 e. The van der Waals surface area contributed by atoms with Gasteiger partial charge < -0.3 is 4.74 Å². The van der Waals surface area contributed by atoms with Crippen LogP contribution in [0.5, 0.6) is 0 Å². The molecule has 11 heavy (non-hydrogen) atoms. The molecule has 0 atom stereocenters. The molecule has 0 amide bonds. The summed E-state index contributed by atoms with van der Waals surface area (Å²) in [6, 6.07) is 0. The van der Waals surface area contributed by atoms with E-state index >= 15 is 0 Å². The van der Waals surface area contributed by atoms with Gasteiger partial charge in [0, 0.05) is 0 Å². The van der Waals surface area contributed by atoms with Crippen molar-refractivity contribution in [2.45, 2.75) is 19.8 Å². The molecule has 0 radical (unpaired) electrons. The first-order chi connectivity index (χ1) is 5.43. The van der Waals surface area contributed by atoms with Crippen molar-refractivity contribution in [3.05, 3.63) is 36.1 Å². The summed E-state index contributed by atoms with van der Waals surface area (Å²) in [6.07, 6.45) is 12.3. The number of hydrogen-bond acceptors (Lipinski definition) is 1. The van der Waals surface area contributed by atoms with Gasteiger partial charge in [-0.25, -0.2) is 0 Å². The largest absolute Gasteiger partial charge is 0.494 e. The predicted octanol–water partition coefficient (Wildman–Crippen LogP) is 2.81. The normalized spacial score (nSPS) is 15.9. The van der Waals surface area contributed by atoms with Crippen LogP contribution in [0.4, 0.5) is 0 Å². The van der Waals surface area contributed by atoms with Gasteiger partial charge in [0.2, 0.25) is 0 Å². The second kappa shape index (κ2) is 4.78. The number of rotatable bonds is 3. The molecular formula is C10H14O. The van der Waals surface area contributed by atoms with E-state index in [2.05, 4.69) is 19.1 Å². The van der Waals surface area contributed by atoms with Crippen molar-refractivity contribution in [2.24, 2.45) is 0 Å². The highest BCUT2D eigenvalue weighted by atomic mass is 16.5. The van der Waals surface area contributed by atoms with E-state index in [0.29, 0.717) is 0 Å². The summed E-state index contributed by atoms with van der Waals surface area (Å²) in [6.45, 7) is 2.92. The third-order valence-corrected chi connectivity index (χ3v) is 1.42. The summed E-state index contributed by atoms with van der Waals surface area (Å²) >= 11 is 0. The van der Waals surface area contributed by atoms with Crippen molar-refractivity contribution in [3.63, 3.8) is 0 Å². The number of ether oxygens (including phenoxy) is 1. The Kier molecular flexibility index (Phi) is 3.53. The lowest BCUT2D eigenvalue weighted by atomic mass is 10.4. The number of hydrogen-bond donors (Lipinski definition) is 0. The summed E-state index contributed by atoms with van der Waals surface area (Å²) in [5.74, 6) is 0.973. The van der Waals surface area contributed by atoms with Crippen molar-refractivity contribution in [2.75, 3.05) is 6.61 Å². The van der Waals surface area contributed by atoms with Crippen LogP contribution in [0.3, 0.4) is 0 Å². The summed E-state index contributed by atoms with van der Waals surface area (Å²) in [4.78, 5) is 0. The van der Waals surface area contributed by atoms with E-state index < -0.39 is 0 Å². The highest BCUT2D eigenvalue weighted by molar-refractivity contribution is 5.22. The fraction of sp³-hybridized carbons (Fsp3) is 0.400. The van der Waals surface area contributed by atoms with Crippen LogP contribution in [0.25, 0.3) is 0 Å². The second-order valence-corrected chi connectivity index (χ2v) is 2.48. The molecule has 0 saturated carbocycles. The van der Waals surface area contributed by atoms with E-state index in [9.17, 15) is 0 Å². The van der Waals surface area contributed by atoms with Gasteiger partial charge in [-0.3, -0.25) is 0 Å². The van der Waals surface area contributed by atoms with Gasteiger partial charge in [0.05, 0.1) is 6.61 Å². The molecular weight excluding hydrogens is 136 g/mol. The van der Waals surface area contributed by atoms with Gasteiger partial charge in [-0.2, -0.15) is 0 Å². The van der Waals surface area contributed by atoms with Crippen LogP contribution in [0.15, 0.2) is 36.1 Å². The Labute approximate surface area is 68.1 Å². The topological polar surface area (TPSA) is 9.23 Å². The molecule has 0 spiro atoms. The van der Waals surface area contributed by atoms with Crippen molar-refractivity contribution in [1.82, 2.24) is 0 Å². The Hall–Kier alpha value is -0.980. The average molecular weight is 150 g/mol. The van der Waals surface area contributed by atoms with Crippen LogP contribution in [-0.4, -0.2) is 6.61 Å². The molecule has 1 rings (SSSR count). The Bertz CT molecular complexity index is 187. The average Bonchev–Trinajstić information content (AvgIpc) is 2.28. The minimum atomic E-state index is 0.810. The van der Waals surface area contributed by atoms with Crippen molar-refractivity contribution in [1.29, 1.82) is 0 Å². The summed E-state index contributed by atoms with van der Waals surface area (Å²) < 4.78 is 5.44. The van der Waals surface area contributed by atoms with E-state index in [1.165, 1.54) is 0 Å². The fourth-order valence-electron chi connectivity index (χ4n) is 0.876. The first-order valence-corrected chi connectivity index (χ1v) is 4.09. The van der Waals surface area contributed by atoms with Crippen LogP contribution in [-0.2, 0) is 4.74 Å². The lowest BCUT2D eigenvalue weighted by Gasteiger charge is -2.02. The molecule has 0 aromatic carbocycles. The van der Waals surface area contributed by atoms with Crippen LogP contribution < -0.4 is 0 Å². The first-order valence-electron chi connectivity index (χ1n) is 4.09. The fourth-order valence-corrected chi connectivity index (χ4v) is 0.876. The van der Waals surface area contributed by atoms with Crippen LogP contribution in [0.2, 0.25) is 0 Å². The van der Waals surface area contributed by atoms with Crippen molar-refractivity contribution >= 4 is 0 Å². The molecule has 0 bridgehead atoms. The van der Waals surface area contributed by atoms with Crippen LogP contribution in [0.1, 0.15) is 19.8 Å². The van der Waals surface area contributed by atoms with Gasteiger partial charge in [-0.15, -0.1) is 0 Å². The number of allylic oxidation sites excluding steroid dienone is 5. The molecule has 0 N–H and O–H groups in total. The third-order valence-electron chi connectivity index (χ3n) is 1.42. The second-order valence-electron chi connectivity index (χ2n) is 2.48. The smallest absolute Gasteiger partial charge is 0.118 e.